The lowest BCUT2D eigenvalue weighted by Crippen LogP contribution is -2.33. The van der Waals surface area contributed by atoms with Crippen LogP contribution in [0, 0.1) is 11.3 Å². The highest BCUT2D eigenvalue weighted by Crippen LogP contribution is 2.17. The van der Waals surface area contributed by atoms with Gasteiger partial charge in [0.05, 0.1) is 6.07 Å². The Labute approximate surface area is 65.7 Å². The molecule has 0 aromatic heterocycles. The van der Waals surface area contributed by atoms with E-state index in [-0.39, 0.29) is 11.9 Å². The van der Waals surface area contributed by atoms with Crippen LogP contribution in [-0.4, -0.2) is 11.9 Å². The van der Waals surface area contributed by atoms with Gasteiger partial charge in [0, 0.05) is 5.57 Å². The van der Waals surface area contributed by atoms with E-state index in [0.717, 1.165) is 18.4 Å². The first kappa shape index (κ1) is 7.80. The molecule has 0 saturated heterocycles. The topological polar surface area (TPSA) is 52.9 Å². The van der Waals surface area contributed by atoms with Crippen molar-refractivity contribution >= 4 is 5.91 Å². The standard InChI is InChI=1S/C8H10N2O/c1-6(5-9)10-8(11)7-3-2-4-7/h3,6H,2,4H2,1H3,(H,10,11). The Morgan fingerprint density at radius 1 is 1.91 bits per heavy atom. The maximum absolute atomic E-state index is 11.1. The largest absolute Gasteiger partial charge is 0.337 e. The molecule has 1 atom stereocenters. The van der Waals surface area contributed by atoms with Crippen molar-refractivity contribution < 1.29 is 4.79 Å². The lowest BCUT2D eigenvalue weighted by atomic mass is 9.98. The smallest absolute Gasteiger partial charge is 0.247 e. The normalized spacial score (nSPS) is 17.3. The molecule has 1 N–H and O–H groups in total. The predicted molar refractivity (Wildman–Crippen MR) is 40.5 cm³/mol. The molecule has 0 heterocycles. The van der Waals surface area contributed by atoms with Crippen molar-refractivity contribution in [2.24, 2.45) is 0 Å². The van der Waals surface area contributed by atoms with Crippen LogP contribution in [0.2, 0.25) is 0 Å². The van der Waals surface area contributed by atoms with Crippen molar-refractivity contribution in [2.75, 3.05) is 0 Å². The second-order valence-corrected chi connectivity index (χ2v) is 2.59. The van der Waals surface area contributed by atoms with Crippen molar-refractivity contribution in [1.82, 2.24) is 5.32 Å². The third-order valence-electron chi connectivity index (χ3n) is 1.64. The molecule has 3 nitrogen and oxygen atoms in total. The molecule has 1 aliphatic rings. The zero-order valence-corrected chi connectivity index (χ0v) is 6.42. The fourth-order valence-electron chi connectivity index (χ4n) is 0.817. The summed E-state index contributed by atoms with van der Waals surface area (Å²) in [6, 6.07) is 1.55. The monoisotopic (exact) mass is 150 g/mol. The first-order chi connectivity index (χ1) is 5.24. The van der Waals surface area contributed by atoms with Crippen molar-refractivity contribution in [1.29, 1.82) is 5.26 Å². The SMILES string of the molecule is CC(C#N)NC(=O)C1=CCC1. The van der Waals surface area contributed by atoms with Crippen LogP contribution in [0.4, 0.5) is 0 Å². The van der Waals surface area contributed by atoms with Gasteiger partial charge in [0.1, 0.15) is 6.04 Å². The molecule has 0 aromatic rings. The average Bonchev–Trinajstić information content (AvgIpc) is 1.83. The molecule has 0 fully saturated rings. The molecule has 0 spiro atoms. The minimum Gasteiger partial charge on any atom is -0.337 e. The van der Waals surface area contributed by atoms with Gasteiger partial charge in [-0.15, -0.1) is 0 Å². The third kappa shape index (κ3) is 1.81. The molecule has 1 rings (SSSR count). The summed E-state index contributed by atoms with van der Waals surface area (Å²) in [7, 11) is 0. The quantitative estimate of drug-likeness (QED) is 0.631. The Hall–Kier alpha value is -1.30. The highest BCUT2D eigenvalue weighted by atomic mass is 16.1. The van der Waals surface area contributed by atoms with Gasteiger partial charge in [-0.2, -0.15) is 5.26 Å². The summed E-state index contributed by atoms with van der Waals surface area (Å²) < 4.78 is 0. The Balaban J connectivity index is 2.39. The lowest BCUT2D eigenvalue weighted by Gasteiger charge is -2.14. The van der Waals surface area contributed by atoms with Gasteiger partial charge >= 0.3 is 0 Å². The van der Waals surface area contributed by atoms with Gasteiger partial charge in [-0.25, -0.2) is 0 Å². The van der Waals surface area contributed by atoms with Crippen molar-refractivity contribution in [3.63, 3.8) is 0 Å². The molecule has 0 aliphatic heterocycles. The number of allylic oxidation sites excluding steroid dienone is 1. The van der Waals surface area contributed by atoms with E-state index in [0.29, 0.717) is 0 Å². The fourth-order valence-corrected chi connectivity index (χ4v) is 0.817. The van der Waals surface area contributed by atoms with Crippen LogP contribution in [0.15, 0.2) is 11.6 Å². The van der Waals surface area contributed by atoms with Crippen molar-refractivity contribution in [3.05, 3.63) is 11.6 Å². The van der Waals surface area contributed by atoms with Crippen LogP contribution < -0.4 is 5.32 Å². The minimum atomic E-state index is -0.385. The van der Waals surface area contributed by atoms with Gasteiger partial charge in [0.2, 0.25) is 5.91 Å². The molecular formula is C8H10N2O. The van der Waals surface area contributed by atoms with Gasteiger partial charge in [-0.1, -0.05) is 6.08 Å². The average molecular weight is 150 g/mol. The first-order valence-corrected chi connectivity index (χ1v) is 3.63. The Kier molecular flexibility index (Phi) is 2.27. The summed E-state index contributed by atoms with van der Waals surface area (Å²) in [4.78, 5) is 11.1. The molecule has 58 valence electrons. The molecule has 11 heavy (non-hydrogen) atoms. The van der Waals surface area contributed by atoms with Crippen LogP contribution in [0.25, 0.3) is 0 Å². The van der Waals surface area contributed by atoms with Gasteiger partial charge < -0.3 is 5.32 Å². The number of carbonyl (C=O) groups excluding carboxylic acids is 1. The maximum Gasteiger partial charge on any atom is 0.247 e. The summed E-state index contributed by atoms with van der Waals surface area (Å²) in [6.07, 6.45) is 3.73. The van der Waals surface area contributed by atoms with E-state index in [9.17, 15) is 4.79 Å². The van der Waals surface area contributed by atoms with Crippen LogP contribution in [0.5, 0.6) is 0 Å². The predicted octanol–water partition coefficient (Wildman–Crippen LogP) is 0.735. The zero-order valence-electron chi connectivity index (χ0n) is 6.42. The molecule has 1 unspecified atom stereocenters. The molecule has 3 heteroatoms. The first-order valence-electron chi connectivity index (χ1n) is 3.63. The van der Waals surface area contributed by atoms with Gasteiger partial charge in [0.15, 0.2) is 0 Å². The Bertz CT molecular complexity index is 237. The Morgan fingerprint density at radius 2 is 2.55 bits per heavy atom. The van der Waals surface area contributed by atoms with Crippen LogP contribution >= 0.6 is 0 Å². The molecule has 0 radical (unpaired) electrons. The van der Waals surface area contributed by atoms with Gasteiger partial charge in [-0.05, 0) is 19.8 Å². The number of hydrogen-bond acceptors (Lipinski definition) is 2. The lowest BCUT2D eigenvalue weighted by molar-refractivity contribution is -0.118. The highest BCUT2D eigenvalue weighted by Gasteiger charge is 2.15. The zero-order chi connectivity index (χ0) is 8.27. The van der Waals surface area contributed by atoms with E-state index in [4.69, 9.17) is 5.26 Å². The Morgan fingerprint density at radius 3 is 2.91 bits per heavy atom. The van der Waals surface area contributed by atoms with E-state index >= 15 is 0 Å². The number of carbonyl (C=O) groups is 1. The number of hydrogen-bond donors (Lipinski definition) is 1. The summed E-state index contributed by atoms with van der Waals surface area (Å²) in [5.74, 6) is -0.0923. The number of nitrogens with one attached hydrogen (secondary N) is 1. The minimum absolute atomic E-state index is 0.0923. The van der Waals surface area contributed by atoms with E-state index in [1.165, 1.54) is 0 Å². The second kappa shape index (κ2) is 3.20. The maximum atomic E-state index is 11.1. The van der Waals surface area contributed by atoms with Crippen molar-refractivity contribution in [2.45, 2.75) is 25.8 Å². The van der Waals surface area contributed by atoms with E-state index in [1.54, 1.807) is 6.92 Å². The second-order valence-electron chi connectivity index (χ2n) is 2.59. The van der Waals surface area contributed by atoms with Gasteiger partial charge in [-0.3, -0.25) is 4.79 Å². The third-order valence-corrected chi connectivity index (χ3v) is 1.64. The van der Waals surface area contributed by atoms with E-state index < -0.39 is 0 Å². The molecule has 0 bridgehead atoms. The number of nitrogens with zero attached hydrogens (tertiary/aromatic N) is 1. The summed E-state index contributed by atoms with van der Waals surface area (Å²) in [6.45, 7) is 1.66. The molecule has 0 saturated carbocycles. The molecule has 1 amide bonds. The number of nitriles is 1. The van der Waals surface area contributed by atoms with E-state index in [2.05, 4.69) is 5.32 Å². The number of rotatable bonds is 2. The summed E-state index contributed by atoms with van der Waals surface area (Å²) in [5.41, 5.74) is 0.812. The summed E-state index contributed by atoms with van der Waals surface area (Å²) in [5, 5.41) is 10.9. The molecular weight excluding hydrogens is 140 g/mol. The van der Waals surface area contributed by atoms with Gasteiger partial charge in [0.25, 0.3) is 0 Å². The van der Waals surface area contributed by atoms with Crippen molar-refractivity contribution in [3.8, 4) is 6.07 Å². The van der Waals surface area contributed by atoms with E-state index in [1.807, 2.05) is 12.1 Å². The van der Waals surface area contributed by atoms with Crippen LogP contribution in [-0.2, 0) is 4.79 Å². The fraction of sp³-hybridized carbons (Fsp3) is 0.500. The highest BCUT2D eigenvalue weighted by molar-refractivity contribution is 5.94. The van der Waals surface area contributed by atoms with Crippen LogP contribution in [0.1, 0.15) is 19.8 Å². The molecule has 1 aliphatic carbocycles. The summed E-state index contributed by atoms with van der Waals surface area (Å²) >= 11 is 0. The molecule has 0 aromatic carbocycles. The number of amides is 1. The van der Waals surface area contributed by atoms with Crippen LogP contribution in [0.3, 0.4) is 0 Å².